The molecule has 0 saturated heterocycles. The van der Waals surface area contributed by atoms with Gasteiger partial charge >= 0.3 is 5.97 Å². The Bertz CT molecular complexity index is 776. The molecule has 2 atom stereocenters. The lowest BCUT2D eigenvalue weighted by Gasteiger charge is -2.18. The standard InChI is InChI=1S/C21H24FNO4/c1-4-14(2)18-7-5-6-8-19(18)23-21(25)15(3)27-20(24)13-26-17-11-9-16(22)10-12-17/h5-12,14-15H,4,13H2,1-3H3,(H,23,25)/t14-,15+/m0/s1. The largest absolute Gasteiger partial charge is 0.482 e. The maximum atomic E-state index is 12.8. The predicted molar refractivity (Wildman–Crippen MR) is 101 cm³/mol. The van der Waals surface area contributed by atoms with Crippen molar-refractivity contribution in [3.8, 4) is 5.75 Å². The summed E-state index contributed by atoms with van der Waals surface area (Å²) in [7, 11) is 0. The quantitative estimate of drug-likeness (QED) is 0.701. The van der Waals surface area contributed by atoms with Crippen LogP contribution < -0.4 is 10.1 Å². The van der Waals surface area contributed by atoms with Gasteiger partial charge in [0.25, 0.3) is 5.91 Å². The minimum absolute atomic E-state index is 0.295. The monoisotopic (exact) mass is 373 g/mol. The van der Waals surface area contributed by atoms with Gasteiger partial charge in [-0.2, -0.15) is 0 Å². The Labute approximate surface area is 158 Å². The van der Waals surface area contributed by atoms with Crippen LogP contribution in [0.5, 0.6) is 5.75 Å². The number of halogens is 1. The van der Waals surface area contributed by atoms with Crippen molar-refractivity contribution in [1.82, 2.24) is 0 Å². The second-order valence-electron chi connectivity index (χ2n) is 6.26. The summed E-state index contributed by atoms with van der Waals surface area (Å²) in [4.78, 5) is 24.2. The third-order valence-electron chi connectivity index (χ3n) is 4.21. The van der Waals surface area contributed by atoms with Crippen LogP contribution in [0.2, 0.25) is 0 Å². The van der Waals surface area contributed by atoms with E-state index in [1.807, 2.05) is 24.3 Å². The van der Waals surface area contributed by atoms with Crippen molar-refractivity contribution in [1.29, 1.82) is 0 Å². The highest BCUT2D eigenvalue weighted by Gasteiger charge is 2.20. The summed E-state index contributed by atoms with van der Waals surface area (Å²) in [6.45, 7) is 5.29. The van der Waals surface area contributed by atoms with Crippen LogP contribution in [0.1, 0.15) is 38.7 Å². The first-order valence-corrected chi connectivity index (χ1v) is 8.88. The molecule has 0 aromatic heterocycles. The molecule has 0 radical (unpaired) electrons. The first kappa shape index (κ1) is 20.4. The van der Waals surface area contributed by atoms with E-state index in [0.717, 1.165) is 12.0 Å². The number of carbonyl (C=O) groups excluding carboxylic acids is 2. The smallest absolute Gasteiger partial charge is 0.344 e. The van der Waals surface area contributed by atoms with Crippen molar-refractivity contribution in [3.05, 3.63) is 59.9 Å². The Hall–Kier alpha value is -2.89. The zero-order valence-corrected chi connectivity index (χ0v) is 15.7. The van der Waals surface area contributed by atoms with Crippen molar-refractivity contribution >= 4 is 17.6 Å². The molecule has 6 heteroatoms. The lowest BCUT2D eigenvalue weighted by atomic mass is 9.97. The topological polar surface area (TPSA) is 64.6 Å². The summed E-state index contributed by atoms with van der Waals surface area (Å²) in [5, 5.41) is 2.81. The second kappa shape index (κ2) is 9.71. The Morgan fingerprint density at radius 1 is 1.07 bits per heavy atom. The van der Waals surface area contributed by atoms with Crippen LogP contribution in [0.4, 0.5) is 10.1 Å². The highest BCUT2D eigenvalue weighted by atomic mass is 19.1. The normalized spacial score (nSPS) is 12.7. The van der Waals surface area contributed by atoms with Gasteiger partial charge in [-0.1, -0.05) is 32.0 Å². The van der Waals surface area contributed by atoms with Gasteiger partial charge in [0, 0.05) is 5.69 Å². The summed E-state index contributed by atoms with van der Waals surface area (Å²) < 4.78 is 23.2. The number of hydrogen-bond donors (Lipinski definition) is 1. The van der Waals surface area contributed by atoms with Gasteiger partial charge in [0.05, 0.1) is 0 Å². The Kier molecular flexibility index (Phi) is 7.34. The van der Waals surface area contributed by atoms with Crippen LogP contribution in [0.15, 0.2) is 48.5 Å². The third kappa shape index (κ3) is 6.09. The van der Waals surface area contributed by atoms with Crippen LogP contribution in [0.3, 0.4) is 0 Å². The van der Waals surface area contributed by atoms with E-state index >= 15 is 0 Å². The Morgan fingerprint density at radius 2 is 1.74 bits per heavy atom. The number of anilines is 1. The summed E-state index contributed by atoms with van der Waals surface area (Å²) in [6.07, 6.45) is -0.0303. The molecule has 1 amide bonds. The highest BCUT2D eigenvalue weighted by Crippen LogP contribution is 2.26. The van der Waals surface area contributed by atoms with Gasteiger partial charge in [0.2, 0.25) is 0 Å². The number of benzene rings is 2. The highest BCUT2D eigenvalue weighted by molar-refractivity contribution is 5.95. The molecule has 2 aromatic rings. The van der Waals surface area contributed by atoms with Crippen molar-refractivity contribution in [3.63, 3.8) is 0 Å². The maximum absolute atomic E-state index is 12.8. The first-order chi connectivity index (χ1) is 12.9. The van der Waals surface area contributed by atoms with Crippen molar-refractivity contribution in [2.75, 3.05) is 11.9 Å². The maximum Gasteiger partial charge on any atom is 0.344 e. The summed E-state index contributed by atoms with van der Waals surface area (Å²) in [5.41, 5.74) is 1.74. The Morgan fingerprint density at radius 3 is 2.41 bits per heavy atom. The number of para-hydroxylation sites is 1. The molecule has 0 heterocycles. The van der Waals surface area contributed by atoms with Crippen LogP contribution in [-0.2, 0) is 14.3 Å². The molecule has 144 valence electrons. The van der Waals surface area contributed by atoms with Crippen molar-refractivity contribution in [2.24, 2.45) is 0 Å². The SMILES string of the molecule is CC[C@H](C)c1ccccc1NC(=O)[C@@H](C)OC(=O)COc1ccc(F)cc1. The molecule has 0 saturated carbocycles. The second-order valence-corrected chi connectivity index (χ2v) is 6.26. The molecular formula is C21H24FNO4. The first-order valence-electron chi connectivity index (χ1n) is 8.88. The van der Waals surface area contributed by atoms with Crippen molar-refractivity contribution in [2.45, 2.75) is 39.2 Å². The average Bonchev–Trinajstić information content (AvgIpc) is 2.67. The van der Waals surface area contributed by atoms with Gasteiger partial charge in [0.15, 0.2) is 12.7 Å². The minimum atomic E-state index is -0.973. The van der Waals surface area contributed by atoms with Gasteiger partial charge in [-0.25, -0.2) is 9.18 Å². The van der Waals surface area contributed by atoms with Crippen LogP contribution in [-0.4, -0.2) is 24.6 Å². The third-order valence-corrected chi connectivity index (χ3v) is 4.21. The summed E-state index contributed by atoms with van der Waals surface area (Å²) >= 11 is 0. The number of hydrogen-bond acceptors (Lipinski definition) is 4. The van der Waals surface area contributed by atoms with Crippen LogP contribution >= 0.6 is 0 Å². The molecule has 27 heavy (non-hydrogen) atoms. The molecule has 0 bridgehead atoms. The molecule has 0 spiro atoms. The van der Waals surface area contributed by atoms with E-state index in [0.29, 0.717) is 17.4 Å². The van der Waals surface area contributed by atoms with Crippen LogP contribution in [0, 0.1) is 5.82 Å². The lowest BCUT2D eigenvalue weighted by Crippen LogP contribution is -2.32. The minimum Gasteiger partial charge on any atom is -0.482 e. The van der Waals surface area contributed by atoms with Gasteiger partial charge in [0.1, 0.15) is 11.6 Å². The van der Waals surface area contributed by atoms with Gasteiger partial charge in [-0.05, 0) is 55.2 Å². The van der Waals surface area contributed by atoms with E-state index in [-0.39, 0.29) is 6.61 Å². The zero-order valence-electron chi connectivity index (χ0n) is 15.7. The van der Waals surface area contributed by atoms with E-state index in [2.05, 4.69) is 19.2 Å². The fourth-order valence-electron chi connectivity index (χ4n) is 2.45. The fourth-order valence-corrected chi connectivity index (χ4v) is 2.45. The van der Waals surface area contributed by atoms with Crippen LogP contribution in [0.25, 0.3) is 0 Å². The molecule has 0 aliphatic rings. The number of carbonyl (C=O) groups is 2. The predicted octanol–water partition coefficient (Wildman–Crippen LogP) is 4.29. The average molecular weight is 373 g/mol. The molecule has 5 nitrogen and oxygen atoms in total. The van der Waals surface area contributed by atoms with E-state index in [9.17, 15) is 14.0 Å². The number of esters is 1. The number of nitrogens with one attached hydrogen (secondary N) is 1. The fraction of sp³-hybridized carbons (Fsp3) is 0.333. The van der Waals surface area contributed by atoms with E-state index in [1.165, 1.54) is 31.2 Å². The lowest BCUT2D eigenvalue weighted by molar-refractivity contribution is -0.155. The number of amides is 1. The van der Waals surface area contributed by atoms with E-state index in [4.69, 9.17) is 9.47 Å². The molecule has 2 aromatic carbocycles. The summed E-state index contributed by atoms with van der Waals surface area (Å²) in [6, 6.07) is 12.8. The molecule has 2 rings (SSSR count). The van der Waals surface area contributed by atoms with Gasteiger partial charge in [-0.3, -0.25) is 4.79 Å². The van der Waals surface area contributed by atoms with E-state index in [1.54, 1.807) is 0 Å². The molecule has 0 unspecified atom stereocenters. The Balaban J connectivity index is 1.88. The number of ether oxygens (including phenoxy) is 2. The summed E-state index contributed by atoms with van der Waals surface area (Å²) in [5.74, 6) is -0.859. The zero-order chi connectivity index (χ0) is 19.8. The van der Waals surface area contributed by atoms with Gasteiger partial charge < -0.3 is 14.8 Å². The molecule has 0 fully saturated rings. The van der Waals surface area contributed by atoms with Gasteiger partial charge in [-0.15, -0.1) is 0 Å². The molecule has 1 N–H and O–H groups in total. The molecule has 0 aliphatic heterocycles. The molecular weight excluding hydrogens is 349 g/mol. The van der Waals surface area contributed by atoms with Crippen molar-refractivity contribution < 1.29 is 23.5 Å². The molecule has 0 aliphatic carbocycles. The van der Waals surface area contributed by atoms with E-state index < -0.39 is 23.8 Å². The number of rotatable bonds is 8.